The number of nitrogens with zero attached hydrogens (tertiary/aromatic N) is 3. The average molecular weight is 301 g/mol. The summed E-state index contributed by atoms with van der Waals surface area (Å²) in [5.74, 6) is 0.248. The van der Waals surface area contributed by atoms with Crippen molar-refractivity contribution in [1.29, 1.82) is 0 Å². The first-order valence-corrected chi connectivity index (χ1v) is 7.42. The lowest BCUT2D eigenvalue weighted by Gasteiger charge is -2.06. The summed E-state index contributed by atoms with van der Waals surface area (Å²) < 4.78 is 2.06. The van der Waals surface area contributed by atoms with Crippen molar-refractivity contribution < 1.29 is 5.11 Å². The molecule has 0 saturated heterocycles. The number of hydrogen-bond acceptors (Lipinski definition) is 3. The zero-order valence-electron chi connectivity index (χ0n) is 12.6. The minimum atomic E-state index is 0.248. The molecule has 0 aliphatic carbocycles. The summed E-state index contributed by atoms with van der Waals surface area (Å²) in [6.45, 7) is 2.05. The van der Waals surface area contributed by atoms with Gasteiger partial charge < -0.3 is 5.11 Å². The van der Waals surface area contributed by atoms with E-state index in [1.54, 1.807) is 18.3 Å². The molecular formula is C19H15N3O. The van der Waals surface area contributed by atoms with Crippen molar-refractivity contribution in [3.05, 3.63) is 72.6 Å². The van der Waals surface area contributed by atoms with Crippen molar-refractivity contribution in [3.63, 3.8) is 0 Å². The van der Waals surface area contributed by atoms with Crippen LogP contribution in [0.5, 0.6) is 5.75 Å². The average Bonchev–Trinajstić information content (AvgIpc) is 2.95. The monoisotopic (exact) mass is 301 g/mol. The van der Waals surface area contributed by atoms with Crippen molar-refractivity contribution in [2.75, 3.05) is 0 Å². The zero-order valence-corrected chi connectivity index (χ0v) is 12.6. The molecule has 3 heterocycles. The van der Waals surface area contributed by atoms with Gasteiger partial charge in [-0.15, -0.1) is 0 Å². The highest BCUT2D eigenvalue weighted by atomic mass is 16.3. The predicted octanol–water partition coefficient (Wildman–Crippen LogP) is 4.08. The lowest BCUT2D eigenvalue weighted by Crippen LogP contribution is -1.90. The van der Waals surface area contributed by atoms with Crippen molar-refractivity contribution in [1.82, 2.24) is 14.4 Å². The van der Waals surface area contributed by atoms with E-state index >= 15 is 0 Å². The number of imidazole rings is 1. The van der Waals surface area contributed by atoms with Gasteiger partial charge in [-0.3, -0.25) is 9.38 Å². The van der Waals surface area contributed by atoms with Crippen molar-refractivity contribution in [3.8, 4) is 28.4 Å². The summed E-state index contributed by atoms with van der Waals surface area (Å²) in [6.07, 6.45) is 3.79. The fourth-order valence-corrected chi connectivity index (χ4v) is 2.72. The van der Waals surface area contributed by atoms with Gasteiger partial charge >= 0.3 is 0 Å². The summed E-state index contributed by atoms with van der Waals surface area (Å²) in [7, 11) is 0. The van der Waals surface area contributed by atoms with Crippen LogP contribution < -0.4 is 0 Å². The van der Waals surface area contributed by atoms with Gasteiger partial charge in [0, 0.05) is 18.0 Å². The largest absolute Gasteiger partial charge is 0.508 e. The van der Waals surface area contributed by atoms with Crippen LogP contribution in [0.25, 0.3) is 28.3 Å². The summed E-state index contributed by atoms with van der Waals surface area (Å²) in [5, 5.41) is 9.56. The standard InChI is InChI=1S/C19H15N3O/c1-13-9-11-22-17(12-13)21-18(16-4-2-3-10-20-16)19(22)14-5-7-15(23)8-6-14/h2-12,23H,1H3. The molecule has 0 atom stereocenters. The molecule has 1 N–H and O–H groups in total. The smallest absolute Gasteiger partial charge is 0.138 e. The van der Waals surface area contributed by atoms with Gasteiger partial charge in [0.1, 0.15) is 17.1 Å². The Morgan fingerprint density at radius 3 is 2.57 bits per heavy atom. The Morgan fingerprint density at radius 2 is 1.83 bits per heavy atom. The van der Waals surface area contributed by atoms with Crippen LogP contribution in [-0.4, -0.2) is 19.5 Å². The molecule has 0 aliphatic rings. The maximum absolute atomic E-state index is 9.56. The Bertz CT molecular complexity index is 973. The van der Waals surface area contributed by atoms with E-state index in [2.05, 4.69) is 28.4 Å². The highest BCUT2D eigenvalue weighted by Gasteiger charge is 2.16. The Kier molecular flexibility index (Phi) is 3.08. The van der Waals surface area contributed by atoms with Crippen molar-refractivity contribution in [2.24, 2.45) is 0 Å². The number of phenolic OH excluding ortho intramolecular Hbond substituents is 1. The molecule has 4 heteroatoms. The number of benzene rings is 1. The van der Waals surface area contributed by atoms with Gasteiger partial charge in [-0.1, -0.05) is 6.07 Å². The number of hydrogen-bond donors (Lipinski definition) is 1. The molecule has 0 fully saturated rings. The molecule has 0 radical (unpaired) electrons. The normalized spacial score (nSPS) is 11.0. The zero-order chi connectivity index (χ0) is 15.8. The second kappa shape index (κ2) is 5.25. The molecule has 3 aromatic heterocycles. The molecule has 0 bridgehead atoms. The fraction of sp³-hybridized carbons (Fsp3) is 0.0526. The summed E-state index contributed by atoms with van der Waals surface area (Å²) in [6, 6.07) is 17.1. The molecule has 0 amide bonds. The third-order valence-corrected chi connectivity index (χ3v) is 3.83. The number of pyridine rings is 2. The van der Waals surface area contributed by atoms with E-state index in [-0.39, 0.29) is 5.75 Å². The van der Waals surface area contributed by atoms with Gasteiger partial charge in [0.2, 0.25) is 0 Å². The number of aromatic nitrogens is 3. The topological polar surface area (TPSA) is 50.4 Å². The molecule has 0 saturated carbocycles. The van der Waals surface area contributed by atoms with Crippen LogP contribution in [0.4, 0.5) is 0 Å². The third-order valence-electron chi connectivity index (χ3n) is 3.83. The van der Waals surface area contributed by atoms with Gasteiger partial charge in [-0.05, 0) is 61.0 Å². The van der Waals surface area contributed by atoms with E-state index in [0.29, 0.717) is 0 Å². The Balaban J connectivity index is 2.05. The molecule has 4 rings (SSSR count). The molecule has 23 heavy (non-hydrogen) atoms. The molecule has 4 nitrogen and oxygen atoms in total. The molecule has 4 aromatic rings. The summed E-state index contributed by atoms with van der Waals surface area (Å²) in [5.41, 5.74) is 5.67. The van der Waals surface area contributed by atoms with E-state index < -0.39 is 0 Å². The maximum atomic E-state index is 9.56. The van der Waals surface area contributed by atoms with Gasteiger partial charge in [-0.25, -0.2) is 4.98 Å². The van der Waals surface area contributed by atoms with Crippen LogP contribution in [-0.2, 0) is 0 Å². The summed E-state index contributed by atoms with van der Waals surface area (Å²) in [4.78, 5) is 9.23. The van der Waals surface area contributed by atoms with Gasteiger partial charge in [0.05, 0.1) is 11.4 Å². The number of fused-ring (bicyclic) bond motifs is 1. The maximum Gasteiger partial charge on any atom is 0.138 e. The number of aryl methyl sites for hydroxylation is 1. The fourth-order valence-electron chi connectivity index (χ4n) is 2.72. The summed E-state index contributed by atoms with van der Waals surface area (Å²) >= 11 is 0. The number of phenols is 1. The minimum absolute atomic E-state index is 0.248. The SMILES string of the molecule is Cc1ccn2c(-c3ccc(O)cc3)c(-c3ccccn3)nc2c1. The Labute approximate surface area is 133 Å². The first-order valence-electron chi connectivity index (χ1n) is 7.42. The Morgan fingerprint density at radius 1 is 1.00 bits per heavy atom. The molecule has 0 unspecified atom stereocenters. The molecule has 0 aliphatic heterocycles. The van der Waals surface area contributed by atoms with E-state index in [0.717, 1.165) is 33.9 Å². The molecular weight excluding hydrogens is 286 g/mol. The van der Waals surface area contributed by atoms with E-state index in [1.165, 1.54) is 0 Å². The predicted molar refractivity (Wildman–Crippen MR) is 90.3 cm³/mol. The highest BCUT2D eigenvalue weighted by Crippen LogP contribution is 2.32. The number of aromatic hydroxyl groups is 1. The van der Waals surface area contributed by atoms with Crippen LogP contribution in [0.15, 0.2) is 67.0 Å². The van der Waals surface area contributed by atoms with Gasteiger partial charge in [0.15, 0.2) is 0 Å². The van der Waals surface area contributed by atoms with E-state index in [1.807, 2.05) is 36.5 Å². The highest BCUT2D eigenvalue weighted by molar-refractivity contribution is 5.80. The van der Waals surface area contributed by atoms with Crippen LogP contribution in [0.1, 0.15) is 5.56 Å². The third kappa shape index (κ3) is 2.34. The van der Waals surface area contributed by atoms with Crippen LogP contribution >= 0.6 is 0 Å². The van der Waals surface area contributed by atoms with E-state index in [4.69, 9.17) is 4.98 Å². The lowest BCUT2D eigenvalue weighted by molar-refractivity contribution is 0.475. The van der Waals surface area contributed by atoms with Crippen LogP contribution in [0, 0.1) is 6.92 Å². The number of rotatable bonds is 2. The van der Waals surface area contributed by atoms with Gasteiger partial charge in [0.25, 0.3) is 0 Å². The van der Waals surface area contributed by atoms with Crippen LogP contribution in [0.2, 0.25) is 0 Å². The van der Waals surface area contributed by atoms with Crippen molar-refractivity contribution >= 4 is 5.65 Å². The van der Waals surface area contributed by atoms with Crippen LogP contribution in [0.3, 0.4) is 0 Å². The quantitative estimate of drug-likeness (QED) is 0.607. The second-order valence-corrected chi connectivity index (χ2v) is 5.50. The molecule has 112 valence electrons. The van der Waals surface area contributed by atoms with E-state index in [9.17, 15) is 5.11 Å². The first-order chi connectivity index (χ1) is 11.2. The molecule has 1 aromatic carbocycles. The van der Waals surface area contributed by atoms with Crippen molar-refractivity contribution in [2.45, 2.75) is 6.92 Å². The van der Waals surface area contributed by atoms with Gasteiger partial charge in [-0.2, -0.15) is 0 Å². The first kappa shape index (κ1) is 13.5. The second-order valence-electron chi connectivity index (χ2n) is 5.50. The minimum Gasteiger partial charge on any atom is -0.508 e. The Hall–Kier alpha value is -3.14. The molecule has 0 spiro atoms. The lowest BCUT2D eigenvalue weighted by atomic mass is 10.1.